The van der Waals surface area contributed by atoms with Gasteiger partial charge in [-0.05, 0) is 68.1 Å². The monoisotopic (exact) mass is 334 g/mol. The lowest BCUT2D eigenvalue weighted by Crippen LogP contribution is -2.30. The third-order valence-corrected chi connectivity index (χ3v) is 7.65. The summed E-state index contributed by atoms with van der Waals surface area (Å²) in [6, 6.07) is 0. The largest absolute Gasteiger partial charge is 0.0654 e. The maximum Gasteiger partial charge on any atom is -0.0326 e. The molecule has 2 aliphatic carbocycles. The molecule has 0 amide bonds. The van der Waals surface area contributed by atoms with E-state index in [1.165, 1.54) is 70.6 Å². The molecule has 2 fully saturated rings. The van der Waals surface area contributed by atoms with Crippen LogP contribution in [0.1, 0.15) is 130 Å². The molecule has 0 aromatic carbocycles. The second-order valence-corrected chi connectivity index (χ2v) is 9.74. The molecule has 0 bridgehead atoms. The molecule has 0 radical (unpaired) electrons. The predicted octanol–water partition coefficient (Wildman–Crippen LogP) is 8.54. The van der Waals surface area contributed by atoms with Crippen molar-refractivity contribution >= 4 is 0 Å². The summed E-state index contributed by atoms with van der Waals surface area (Å²) in [5.41, 5.74) is 0.696. The van der Waals surface area contributed by atoms with Crippen LogP contribution in [0.5, 0.6) is 0 Å². The van der Waals surface area contributed by atoms with Crippen LogP contribution in [0.4, 0.5) is 0 Å². The van der Waals surface area contributed by atoms with E-state index in [4.69, 9.17) is 0 Å². The Labute approximate surface area is 153 Å². The molecular formula is C24H46. The van der Waals surface area contributed by atoms with E-state index in [0.717, 1.165) is 17.8 Å². The van der Waals surface area contributed by atoms with Crippen molar-refractivity contribution in [1.82, 2.24) is 0 Å². The van der Waals surface area contributed by atoms with Crippen molar-refractivity contribution in [1.29, 1.82) is 0 Å². The van der Waals surface area contributed by atoms with Crippen LogP contribution in [0.25, 0.3) is 0 Å². The van der Waals surface area contributed by atoms with Crippen molar-refractivity contribution in [2.45, 2.75) is 130 Å². The highest BCUT2D eigenvalue weighted by molar-refractivity contribution is 4.86. The van der Waals surface area contributed by atoms with Gasteiger partial charge in [-0.15, -0.1) is 0 Å². The minimum Gasteiger partial charge on any atom is -0.0654 e. The Morgan fingerprint density at radius 2 is 1.25 bits per heavy atom. The van der Waals surface area contributed by atoms with E-state index in [1.54, 1.807) is 38.5 Å². The van der Waals surface area contributed by atoms with Gasteiger partial charge < -0.3 is 0 Å². The van der Waals surface area contributed by atoms with Crippen molar-refractivity contribution in [3.05, 3.63) is 0 Å². The summed E-state index contributed by atoms with van der Waals surface area (Å²) in [5.74, 6) is 3.27. The van der Waals surface area contributed by atoms with Gasteiger partial charge >= 0.3 is 0 Å². The number of hydrogen-bond donors (Lipinski definition) is 0. The fraction of sp³-hybridized carbons (Fsp3) is 1.00. The third kappa shape index (κ3) is 6.72. The summed E-state index contributed by atoms with van der Waals surface area (Å²) in [5, 5.41) is 0. The molecule has 0 aromatic heterocycles. The van der Waals surface area contributed by atoms with Gasteiger partial charge in [0.05, 0.1) is 0 Å². The normalized spacial score (nSPS) is 34.4. The van der Waals surface area contributed by atoms with Crippen LogP contribution in [0.3, 0.4) is 0 Å². The maximum absolute atomic E-state index is 2.60. The maximum atomic E-state index is 2.60. The minimum absolute atomic E-state index is 0.696. The third-order valence-electron chi connectivity index (χ3n) is 7.65. The summed E-state index contributed by atoms with van der Waals surface area (Å²) in [7, 11) is 0. The van der Waals surface area contributed by atoms with E-state index in [1.807, 2.05) is 0 Å². The smallest absolute Gasteiger partial charge is 0.0326 e. The molecule has 0 aliphatic heterocycles. The topological polar surface area (TPSA) is 0 Å². The molecule has 0 heteroatoms. The van der Waals surface area contributed by atoms with Gasteiger partial charge in [-0.3, -0.25) is 0 Å². The minimum atomic E-state index is 0.696. The molecule has 0 spiro atoms. The van der Waals surface area contributed by atoms with Gasteiger partial charge in [-0.1, -0.05) is 85.0 Å². The van der Waals surface area contributed by atoms with Crippen LogP contribution in [-0.4, -0.2) is 0 Å². The molecule has 142 valence electrons. The van der Waals surface area contributed by atoms with Crippen LogP contribution >= 0.6 is 0 Å². The van der Waals surface area contributed by atoms with Crippen molar-refractivity contribution in [3.63, 3.8) is 0 Å². The van der Waals surface area contributed by atoms with Crippen LogP contribution in [0, 0.1) is 23.2 Å². The summed E-state index contributed by atoms with van der Waals surface area (Å²) >= 11 is 0. The van der Waals surface area contributed by atoms with Crippen LogP contribution in [0.15, 0.2) is 0 Å². The molecule has 24 heavy (non-hydrogen) atoms. The van der Waals surface area contributed by atoms with E-state index in [-0.39, 0.29) is 0 Å². The average molecular weight is 335 g/mol. The van der Waals surface area contributed by atoms with Gasteiger partial charge in [-0.25, -0.2) is 0 Å². The Bertz CT molecular complexity index is 302. The molecule has 0 atom stereocenters. The van der Waals surface area contributed by atoms with E-state index in [2.05, 4.69) is 20.8 Å². The summed E-state index contributed by atoms with van der Waals surface area (Å²) < 4.78 is 0. The van der Waals surface area contributed by atoms with Crippen molar-refractivity contribution < 1.29 is 0 Å². The molecule has 0 heterocycles. The standard InChI is InChI=1S/C24H46/c1-4-6-8-10-18-24(3)19-16-23(17-20-24)22-14-12-21(13-15-22)11-9-7-5-2/h21-23H,4-20H2,1-3H3/t21?,22?,23-,24-. The zero-order valence-corrected chi connectivity index (χ0v) is 17.3. The van der Waals surface area contributed by atoms with Gasteiger partial charge in [0.25, 0.3) is 0 Å². The molecule has 2 saturated carbocycles. The highest BCUT2D eigenvalue weighted by Crippen LogP contribution is 2.47. The average Bonchev–Trinajstić information content (AvgIpc) is 2.61. The zero-order chi connectivity index (χ0) is 17.3. The lowest BCUT2D eigenvalue weighted by Gasteiger charge is -2.42. The fourth-order valence-electron chi connectivity index (χ4n) is 5.67. The highest BCUT2D eigenvalue weighted by atomic mass is 14.4. The van der Waals surface area contributed by atoms with Crippen LogP contribution in [0.2, 0.25) is 0 Å². The quantitative estimate of drug-likeness (QED) is 0.351. The molecule has 2 rings (SSSR count). The Kier molecular flexibility index (Phi) is 9.20. The molecule has 0 nitrogen and oxygen atoms in total. The second-order valence-electron chi connectivity index (χ2n) is 9.74. The van der Waals surface area contributed by atoms with Gasteiger partial charge in [0.1, 0.15) is 0 Å². The SMILES string of the molecule is CCCCCC[C@]1(C)CC[C@@H](C2CCC(CCCCC)CC2)CC1. The summed E-state index contributed by atoms with van der Waals surface area (Å²) in [6.07, 6.45) is 25.5. The lowest BCUT2D eigenvalue weighted by molar-refractivity contribution is 0.0949. The number of unbranched alkanes of at least 4 members (excludes halogenated alkanes) is 5. The van der Waals surface area contributed by atoms with Gasteiger partial charge in [0.15, 0.2) is 0 Å². The summed E-state index contributed by atoms with van der Waals surface area (Å²) in [6.45, 7) is 7.25. The molecular weight excluding hydrogens is 288 g/mol. The van der Waals surface area contributed by atoms with E-state index in [0.29, 0.717) is 5.41 Å². The number of hydrogen-bond acceptors (Lipinski definition) is 0. The Hall–Kier alpha value is 0. The van der Waals surface area contributed by atoms with Crippen molar-refractivity contribution in [2.24, 2.45) is 23.2 Å². The van der Waals surface area contributed by atoms with E-state index >= 15 is 0 Å². The first kappa shape index (κ1) is 20.3. The van der Waals surface area contributed by atoms with E-state index in [9.17, 15) is 0 Å². The molecule has 0 saturated heterocycles. The van der Waals surface area contributed by atoms with Gasteiger partial charge in [0.2, 0.25) is 0 Å². The van der Waals surface area contributed by atoms with E-state index < -0.39 is 0 Å². The molecule has 0 unspecified atom stereocenters. The predicted molar refractivity (Wildman–Crippen MR) is 108 cm³/mol. The Morgan fingerprint density at radius 3 is 1.88 bits per heavy atom. The first-order valence-corrected chi connectivity index (χ1v) is 11.7. The van der Waals surface area contributed by atoms with Crippen LogP contribution in [-0.2, 0) is 0 Å². The van der Waals surface area contributed by atoms with Crippen molar-refractivity contribution in [2.75, 3.05) is 0 Å². The Morgan fingerprint density at radius 1 is 0.667 bits per heavy atom. The van der Waals surface area contributed by atoms with Crippen LogP contribution < -0.4 is 0 Å². The summed E-state index contributed by atoms with van der Waals surface area (Å²) in [4.78, 5) is 0. The lowest BCUT2D eigenvalue weighted by atomic mass is 9.63. The first-order chi connectivity index (χ1) is 11.7. The van der Waals surface area contributed by atoms with Crippen molar-refractivity contribution in [3.8, 4) is 0 Å². The Balaban J connectivity index is 1.62. The molecule has 2 aliphatic rings. The fourth-order valence-corrected chi connectivity index (χ4v) is 5.67. The molecule has 0 aromatic rings. The zero-order valence-electron chi connectivity index (χ0n) is 17.3. The second kappa shape index (κ2) is 10.9. The van der Waals surface area contributed by atoms with Gasteiger partial charge in [-0.2, -0.15) is 0 Å². The molecule has 0 N–H and O–H groups in total. The number of rotatable bonds is 10. The van der Waals surface area contributed by atoms with Gasteiger partial charge in [0, 0.05) is 0 Å². The highest BCUT2D eigenvalue weighted by Gasteiger charge is 2.35. The first-order valence-electron chi connectivity index (χ1n) is 11.7.